The molecule has 0 aliphatic carbocycles. The van der Waals surface area contributed by atoms with Crippen molar-refractivity contribution in [1.82, 2.24) is 0 Å². The molecule has 0 saturated heterocycles. The maximum Gasteiger partial charge on any atom is 0.205 e. The van der Waals surface area contributed by atoms with Crippen molar-refractivity contribution < 1.29 is 18.9 Å². The van der Waals surface area contributed by atoms with Gasteiger partial charge in [-0.15, -0.1) is 0 Å². The molecule has 0 aromatic heterocycles. The number of benzene rings is 1. The van der Waals surface area contributed by atoms with Gasteiger partial charge in [-0.1, -0.05) is 19.9 Å². The lowest BCUT2D eigenvalue weighted by Crippen LogP contribution is -2.00. The molecule has 0 aliphatic rings. The fraction of sp³-hybridized carbons (Fsp3) is 0.333. The minimum Gasteiger partial charge on any atom is -0.482 e. The summed E-state index contributed by atoms with van der Waals surface area (Å²) in [5.41, 5.74) is 5.19. The molecule has 0 fully saturated rings. The third-order valence-corrected chi connectivity index (χ3v) is 1.71. The molecule has 1 aromatic carbocycles. The first-order valence-electron chi connectivity index (χ1n) is 4.43. The Hall–Kier alpha value is -0.900. The van der Waals surface area contributed by atoms with Gasteiger partial charge in [0.05, 0.1) is 0 Å². The molecule has 1 rings (SSSR count). The lowest BCUT2D eigenvalue weighted by molar-refractivity contribution is 0.348. The van der Waals surface area contributed by atoms with Crippen LogP contribution in [0, 0.1) is 5.82 Å². The summed E-state index contributed by atoms with van der Waals surface area (Å²) in [5.74, 6) is -0.465. The average Bonchev–Trinajstić information content (AvgIpc) is 2.23. The van der Waals surface area contributed by atoms with Crippen molar-refractivity contribution >= 4 is 14.1 Å². The third-order valence-electron chi connectivity index (χ3n) is 1.35. The first-order valence-corrected chi connectivity index (χ1v) is 5.86. The Labute approximate surface area is 89.4 Å². The van der Waals surface area contributed by atoms with Crippen molar-refractivity contribution in [1.29, 1.82) is 0 Å². The van der Waals surface area contributed by atoms with E-state index in [1.165, 1.54) is 18.2 Å². The Kier molecular flexibility index (Phi) is 6.96. The number of hydrogen-bond acceptors (Lipinski definition) is 4. The van der Waals surface area contributed by atoms with Crippen LogP contribution in [0.5, 0.6) is 5.75 Å². The zero-order chi connectivity index (χ0) is 11.8. The topological polar surface area (TPSA) is 75.7 Å². The summed E-state index contributed by atoms with van der Waals surface area (Å²) in [6.07, 6.45) is -0.275. The van der Waals surface area contributed by atoms with E-state index in [-0.39, 0.29) is 17.8 Å². The lowest BCUT2D eigenvalue weighted by Gasteiger charge is -2.08. The molecule has 0 unspecified atom stereocenters. The summed E-state index contributed by atoms with van der Waals surface area (Å²) in [5, 5.41) is 0. The van der Waals surface area contributed by atoms with Gasteiger partial charge in [0.2, 0.25) is 8.38 Å². The van der Waals surface area contributed by atoms with Gasteiger partial charge in [-0.25, -0.2) is 4.39 Å². The highest BCUT2D eigenvalue weighted by molar-refractivity contribution is 7.44. The fourth-order valence-corrected chi connectivity index (χ4v) is 1.02. The third kappa shape index (κ3) is 4.93. The standard InChI is InChI=1S/C7H9FNO3P.C2H6/c8-5-2-1-3-6(7(5)9)12-4-13(10)11;1-2/h1-3,10-11H,4,9H2;1-2H3. The molecule has 0 saturated carbocycles. The van der Waals surface area contributed by atoms with E-state index in [1.54, 1.807) is 0 Å². The molecule has 0 bridgehead atoms. The van der Waals surface area contributed by atoms with E-state index in [2.05, 4.69) is 0 Å². The van der Waals surface area contributed by atoms with E-state index in [4.69, 9.17) is 20.3 Å². The summed E-state index contributed by atoms with van der Waals surface area (Å²) in [4.78, 5) is 17.1. The van der Waals surface area contributed by atoms with Crippen LogP contribution in [0.15, 0.2) is 18.2 Å². The Bertz CT molecular complexity index is 297. The maximum atomic E-state index is 12.8. The Balaban J connectivity index is 0.000000921. The maximum absolute atomic E-state index is 12.8. The molecule has 4 N–H and O–H groups in total. The predicted molar refractivity (Wildman–Crippen MR) is 59.0 cm³/mol. The van der Waals surface area contributed by atoms with Gasteiger partial charge in [0.15, 0.2) is 6.35 Å². The molecular formula is C9H15FNO3P. The van der Waals surface area contributed by atoms with Gasteiger partial charge >= 0.3 is 0 Å². The molecule has 0 amide bonds. The van der Waals surface area contributed by atoms with Crippen LogP contribution < -0.4 is 10.5 Å². The molecule has 0 aliphatic heterocycles. The van der Waals surface area contributed by atoms with E-state index >= 15 is 0 Å². The van der Waals surface area contributed by atoms with Gasteiger partial charge < -0.3 is 20.3 Å². The van der Waals surface area contributed by atoms with Gasteiger partial charge in [-0.2, -0.15) is 0 Å². The number of nitrogens with two attached hydrogens (primary N) is 1. The zero-order valence-electron chi connectivity index (χ0n) is 8.64. The number of halogens is 1. The average molecular weight is 235 g/mol. The number of anilines is 1. The van der Waals surface area contributed by atoms with Gasteiger partial charge in [-0.05, 0) is 12.1 Å². The Morgan fingerprint density at radius 2 is 2.00 bits per heavy atom. The lowest BCUT2D eigenvalue weighted by atomic mass is 10.3. The molecule has 6 heteroatoms. The van der Waals surface area contributed by atoms with Crippen LogP contribution in [0.4, 0.5) is 10.1 Å². The summed E-state index contributed by atoms with van der Waals surface area (Å²) >= 11 is 0. The molecule has 15 heavy (non-hydrogen) atoms. The highest BCUT2D eigenvalue weighted by Crippen LogP contribution is 2.28. The van der Waals surface area contributed by atoms with E-state index < -0.39 is 14.2 Å². The van der Waals surface area contributed by atoms with Crippen LogP contribution in [-0.4, -0.2) is 16.1 Å². The molecule has 0 radical (unpaired) electrons. The number of hydrogen-bond donors (Lipinski definition) is 3. The summed E-state index contributed by atoms with van der Waals surface area (Å²) in [6.45, 7) is 4.00. The summed E-state index contributed by atoms with van der Waals surface area (Å²) < 4.78 is 17.6. The van der Waals surface area contributed by atoms with Crippen molar-refractivity contribution in [3.63, 3.8) is 0 Å². The molecule has 0 heterocycles. The monoisotopic (exact) mass is 235 g/mol. The number of nitrogen functional groups attached to an aromatic ring is 1. The minimum atomic E-state index is -2.15. The van der Waals surface area contributed by atoms with Crippen LogP contribution in [0.25, 0.3) is 0 Å². The molecule has 0 spiro atoms. The highest BCUT2D eigenvalue weighted by atomic mass is 31.2. The van der Waals surface area contributed by atoms with Gasteiger partial charge in [-0.3, -0.25) is 0 Å². The van der Waals surface area contributed by atoms with Crippen LogP contribution in [0.1, 0.15) is 13.8 Å². The first kappa shape index (κ1) is 14.1. The van der Waals surface area contributed by atoms with E-state index in [0.29, 0.717) is 0 Å². The van der Waals surface area contributed by atoms with Crippen LogP contribution >= 0.6 is 8.38 Å². The molecule has 1 aromatic rings. The SMILES string of the molecule is CC.Nc1c(F)cccc1OCP(O)O. The van der Waals surface area contributed by atoms with E-state index in [0.717, 1.165) is 0 Å². The second kappa shape index (κ2) is 7.40. The summed E-state index contributed by atoms with van der Waals surface area (Å²) in [7, 11) is -2.15. The minimum absolute atomic E-state index is 0.121. The van der Waals surface area contributed by atoms with Crippen molar-refractivity contribution in [2.45, 2.75) is 13.8 Å². The second-order valence-corrected chi connectivity index (χ2v) is 3.30. The molecule has 4 nitrogen and oxygen atoms in total. The quantitative estimate of drug-likeness (QED) is 0.553. The smallest absolute Gasteiger partial charge is 0.205 e. The van der Waals surface area contributed by atoms with Crippen LogP contribution in [0.2, 0.25) is 0 Å². The largest absolute Gasteiger partial charge is 0.482 e. The Morgan fingerprint density at radius 3 is 2.53 bits per heavy atom. The molecule has 0 atom stereocenters. The zero-order valence-corrected chi connectivity index (χ0v) is 9.54. The highest BCUT2D eigenvalue weighted by Gasteiger charge is 2.06. The van der Waals surface area contributed by atoms with Gasteiger partial charge in [0.1, 0.15) is 17.3 Å². The molecular weight excluding hydrogens is 220 g/mol. The first-order chi connectivity index (χ1) is 7.11. The normalized spacial score (nSPS) is 9.47. The van der Waals surface area contributed by atoms with Crippen molar-refractivity contribution in [2.24, 2.45) is 0 Å². The van der Waals surface area contributed by atoms with Crippen molar-refractivity contribution in [3.05, 3.63) is 24.0 Å². The fourth-order valence-electron chi connectivity index (χ4n) is 0.770. The number of ether oxygens (including phenoxy) is 1. The van der Waals surface area contributed by atoms with Crippen LogP contribution in [0.3, 0.4) is 0 Å². The Morgan fingerprint density at radius 1 is 1.40 bits per heavy atom. The molecule has 86 valence electrons. The van der Waals surface area contributed by atoms with Gasteiger partial charge in [0.25, 0.3) is 0 Å². The summed E-state index contributed by atoms with van der Waals surface area (Å²) in [6, 6.07) is 4.08. The van der Waals surface area contributed by atoms with Gasteiger partial charge in [0, 0.05) is 0 Å². The number of para-hydroxylation sites is 1. The van der Waals surface area contributed by atoms with Crippen molar-refractivity contribution in [2.75, 3.05) is 12.1 Å². The predicted octanol–water partition coefficient (Wildman–Crippen LogP) is 2.07. The van der Waals surface area contributed by atoms with Crippen LogP contribution in [-0.2, 0) is 0 Å². The van der Waals surface area contributed by atoms with E-state index in [9.17, 15) is 4.39 Å². The van der Waals surface area contributed by atoms with Crippen molar-refractivity contribution in [3.8, 4) is 5.75 Å². The second-order valence-electron chi connectivity index (χ2n) is 2.30. The van der Waals surface area contributed by atoms with E-state index in [1.807, 2.05) is 13.8 Å². The number of rotatable bonds is 3.